The fourth-order valence-corrected chi connectivity index (χ4v) is 1.98. The van der Waals surface area contributed by atoms with E-state index < -0.39 is 0 Å². The standard InChI is InChI=1S/C10H14N2OS2/c11-9(14)7-12-10(13)5-1-3-8-4-2-6-15-8/h2,4,6H,1,3,5,7H2,(H2,11,14)(H,12,13). The number of hydrogen-bond acceptors (Lipinski definition) is 3. The second kappa shape index (κ2) is 6.53. The van der Waals surface area contributed by atoms with E-state index in [4.69, 9.17) is 5.73 Å². The molecule has 0 bridgehead atoms. The number of aryl methyl sites for hydroxylation is 1. The molecule has 0 saturated carbocycles. The van der Waals surface area contributed by atoms with Crippen LogP contribution in [0.3, 0.4) is 0 Å². The summed E-state index contributed by atoms with van der Waals surface area (Å²) in [4.78, 5) is 12.9. The van der Waals surface area contributed by atoms with E-state index in [1.807, 2.05) is 11.4 Å². The minimum atomic E-state index is 0.0133. The van der Waals surface area contributed by atoms with Crippen LogP contribution in [0.4, 0.5) is 0 Å². The van der Waals surface area contributed by atoms with Gasteiger partial charge in [-0.05, 0) is 24.3 Å². The number of thiophene rings is 1. The quantitative estimate of drug-likeness (QED) is 0.743. The van der Waals surface area contributed by atoms with E-state index in [0.29, 0.717) is 18.0 Å². The maximum Gasteiger partial charge on any atom is 0.220 e. The molecule has 3 N–H and O–H groups in total. The Hall–Kier alpha value is -0.940. The summed E-state index contributed by atoms with van der Waals surface area (Å²) in [5, 5.41) is 4.70. The van der Waals surface area contributed by atoms with Crippen LogP contribution in [0, 0.1) is 0 Å². The molecule has 1 rings (SSSR count). The van der Waals surface area contributed by atoms with Crippen molar-refractivity contribution in [3.63, 3.8) is 0 Å². The zero-order valence-electron chi connectivity index (χ0n) is 8.36. The molecule has 0 aliphatic rings. The molecule has 1 aromatic rings. The Kier molecular flexibility index (Phi) is 5.28. The molecule has 1 heterocycles. The lowest BCUT2D eigenvalue weighted by molar-refractivity contribution is -0.120. The lowest BCUT2D eigenvalue weighted by atomic mass is 10.2. The largest absolute Gasteiger partial charge is 0.392 e. The third kappa shape index (κ3) is 5.49. The number of nitrogens with two attached hydrogens (primary N) is 1. The lowest BCUT2D eigenvalue weighted by Gasteiger charge is -2.02. The van der Waals surface area contributed by atoms with Crippen LogP contribution >= 0.6 is 23.6 Å². The molecule has 0 saturated heterocycles. The second-order valence-corrected chi connectivity index (χ2v) is 4.73. The van der Waals surface area contributed by atoms with Crippen molar-refractivity contribution in [2.24, 2.45) is 5.73 Å². The SMILES string of the molecule is NC(=S)CNC(=O)CCCc1cccs1. The average molecular weight is 242 g/mol. The van der Waals surface area contributed by atoms with Crippen molar-refractivity contribution < 1.29 is 4.79 Å². The molecule has 0 unspecified atom stereocenters. The molecule has 0 aliphatic heterocycles. The van der Waals surface area contributed by atoms with Crippen molar-refractivity contribution in [1.82, 2.24) is 5.32 Å². The number of carbonyl (C=O) groups excluding carboxylic acids is 1. The summed E-state index contributed by atoms with van der Waals surface area (Å²) >= 11 is 6.38. The first kappa shape index (κ1) is 12.1. The summed E-state index contributed by atoms with van der Waals surface area (Å²) in [6, 6.07) is 4.10. The van der Waals surface area contributed by atoms with Crippen LogP contribution in [-0.2, 0) is 11.2 Å². The van der Waals surface area contributed by atoms with Crippen LogP contribution in [-0.4, -0.2) is 17.4 Å². The van der Waals surface area contributed by atoms with Crippen LogP contribution in [0.2, 0.25) is 0 Å². The highest BCUT2D eigenvalue weighted by molar-refractivity contribution is 7.80. The van der Waals surface area contributed by atoms with Crippen LogP contribution < -0.4 is 11.1 Å². The predicted molar refractivity (Wildman–Crippen MR) is 67.1 cm³/mol. The van der Waals surface area contributed by atoms with Crippen LogP contribution in [0.25, 0.3) is 0 Å². The highest BCUT2D eigenvalue weighted by Gasteiger charge is 2.01. The van der Waals surface area contributed by atoms with Crippen molar-refractivity contribution in [3.8, 4) is 0 Å². The molecule has 0 radical (unpaired) electrons. The number of carbonyl (C=O) groups is 1. The van der Waals surface area contributed by atoms with Gasteiger partial charge in [0.15, 0.2) is 0 Å². The van der Waals surface area contributed by atoms with E-state index in [0.717, 1.165) is 12.8 Å². The molecule has 15 heavy (non-hydrogen) atoms. The zero-order valence-corrected chi connectivity index (χ0v) is 10.00. The molecule has 5 heteroatoms. The minimum absolute atomic E-state index is 0.0133. The Morgan fingerprint density at radius 1 is 1.60 bits per heavy atom. The molecule has 1 amide bonds. The van der Waals surface area contributed by atoms with Crippen LogP contribution in [0.5, 0.6) is 0 Å². The molecular formula is C10H14N2OS2. The molecule has 0 atom stereocenters. The van der Waals surface area contributed by atoms with Crippen molar-refractivity contribution >= 4 is 34.5 Å². The summed E-state index contributed by atoms with van der Waals surface area (Å²) in [6.07, 6.45) is 2.35. The maximum absolute atomic E-state index is 11.3. The summed E-state index contributed by atoms with van der Waals surface area (Å²) in [5.41, 5.74) is 5.26. The number of nitrogens with one attached hydrogen (secondary N) is 1. The molecular weight excluding hydrogens is 228 g/mol. The monoisotopic (exact) mass is 242 g/mol. The highest BCUT2D eigenvalue weighted by atomic mass is 32.1. The van der Waals surface area contributed by atoms with Crippen molar-refractivity contribution in [2.45, 2.75) is 19.3 Å². The Morgan fingerprint density at radius 3 is 3.00 bits per heavy atom. The van der Waals surface area contributed by atoms with Gasteiger partial charge in [0, 0.05) is 11.3 Å². The normalized spacial score (nSPS) is 9.87. The number of amides is 1. The molecule has 0 fully saturated rings. The van der Waals surface area contributed by atoms with E-state index in [2.05, 4.69) is 23.6 Å². The summed E-state index contributed by atoms with van der Waals surface area (Å²) in [7, 11) is 0. The molecule has 0 aliphatic carbocycles. The highest BCUT2D eigenvalue weighted by Crippen LogP contribution is 2.11. The van der Waals surface area contributed by atoms with Crippen molar-refractivity contribution in [3.05, 3.63) is 22.4 Å². The van der Waals surface area contributed by atoms with Crippen LogP contribution in [0.1, 0.15) is 17.7 Å². The van der Waals surface area contributed by atoms with Gasteiger partial charge in [0.05, 0.1) is 11.5 Å². The van der Waals surface area contributed by atoms with Gasteiger partial charge in [-0.1, -0.05) is 18.3 Å². The van der Waals surface area contributed by atoms with Gasteiger partial charge in [-0.15, -0.1) is 11.3 Å². The van der Waals surface area contributed by atoms with Crippen molar-refractivity contribution in [2.75, 3.05) is 6.54 Å². The molecule has 0 spiro atoms. The van der Waals surface area contributed by atoms with Gasteiger partial charge in [0.25, 0.3) is 0 Å². The smallest absolute Gasteiger partial charge is 0.220 e. The van der Waals surface area contributed by atoms with Gasteiger partial charge >= 0.3 is 0 Å². The second-order valence-electron chi connectivity index (χ2n) is 3.18. The maximum atomic E-state index is 11.3. The Labute approximate surface area is 98.7 Å². The third-order valence-corrected chi connectivity index (χ3v) is 2.95. The minimum Gasteiger partial charge on any atom is -0.392 e. The summed E-state index contributed by atoms with van der Waals surface area (Å²) in [6.45, 7) is 0.299. The van der Waals surface area contributed by atoms with Gasteiger partial charge in [-0.25, -0.2) is 0 Å². The molecule has 0 aromatic carbocycles. The van der Waals surface area contributed by atoms with Gasteiger partial charge in [-0.3, -0.25) is 4.79 Å². The number of rotatable bonds is 6. The average Bonchev–Trinajstić information content (AvgIpc) is 2.67. The first-order valence-corrected chi connectivity index (χ1v) is 6.04. The molecule has 82 valence electrons. The Balaban J connectivity index is 2.09. The molecule has 1 aromatic heterocycles. The number of hydrogen-bond donors (Lipinski definition) is 2. The third-order valence-electron chi connectivity index (χ3n) is 1.87. The van der Waals surface area contributed by atoms with Gasteiger partial charge in [0.2, 0.25) is 5.91 Å². The fraction of sp³-hybridized carbons (Fsp3) is 0.400. The lowest BCUT2D eigenvalue weighted by Crippen LogP contribution is -2.32. The Bertz CT molecular complexity index is 322. The molecule has 3 nitrogen and oxygen atoms in total. The van der Waals surface area contributed by atoms with E-state index >= 15 is 0 Å². The van der Waals surface area contributed by atoms with Crippen LogP contribution in [0.15, 0.2) is 17.5 Å². The first-order valence-electron chi connectivity index (χ1n) is 4.76. The summed E-state index contributed by atoms with van der Waals surface area (Å²) < 4.78 is 0. The first-order chi connectivity index (χ1) is 7.18. The fourth-order valence-electron chi connectivity index (χ4n) is 1.15. The topological polar surface area (TPSA) is 55.1 Å². The van der Waals surface area contributed by atoms with E-state index in [1.165, 1.54) is 4.88 Å². The summed E-state index contributed by atoms with van der Waals surface area (Å²) in [5.74, 6) is 0.0133. The van der Waals surface area contributed by atoms with Gasteiger partial charge < -0.3 is 11.1 Å². The van der Waals surface area contributed by atoms with E-state index in [9.17, 15) is 4.79 Å². The van der Waals surface area contributed by atoms with Crippen molar-refractivity contribution in [1.29, 1.82) is 0 Å². The predicted octanol–water partition coefficient (Wildman–Crippen LogP) is 1.47. The van der Waals surface area contributed by atoms with Gasteiger partial charge in [-0.2, -0.15) is 0 Å². The van der Waals surface area contributed by atoms with Gasteiger partial charge in [0.1, 0.15) is 0 Å². The Morgan fingerprint density at radius 2 is 2.40 bits per heavy atom. The number of thiocarbonyl (C=S) groups is 1. The van der Waals surface area contributed by atoms with E-state index in [1.54, 1.807) is 11.3 Å². The zero-order chi connectivity index (χ0) is 11.1. The van der Waals surface area contributed by atoms with E-state index in [-0.39, 0.29) is 5.91 Å².